The molecule has 0 aromatic heterocycles. The molecule has 0 bridgehead atoms. The number of hydrogen-bond donors (Lipinski definition) is 1. The standard InChI is InChI=1S/C15H20BrN/c16-14-7-3-2-6-12(14)13-10-17-11-15(13)8-4-1-5-9-15/h2-3,6-7,13,17H,1,4-5,8-11H2. The van der Waals surface area contributed by atoms with Crippen LogP contribution in [-0.4, -0.2) is 13.1 Å². The van der Waals surface area contributed by atoms with Gasteiger partial charge in [-0.2, -0.15) is 0 Å². The van der Waals surface area contributed by atoms with Gasteiger partial charge in [-0.1, -0.05) is 53.4 Å². The SMILES string of the molecule is Brc1ccccc1C1CNCC12CCCCC2. The van der Waals surface area contributed by atoms with Gasteiger partial charge in [0.05, 0.1) is 0 Å². The first-order valence-corrected chi connectivity index (χ1v) is 7.56. The van der Waals surface area contributed by atoms with E-state index < -0.39 is 0 Å². The molecule has 1 nitrogen and oxygen atoms in total. The Balaban J connectivity index is 1.94. The van der Waals surface area contributed by atoms with Crippen LogP contribution in [0.3, 0.4) is 0 Å². The lowest BCUT2D eigenvalue weighted by Gasteiger charge is -2.38. The second-order valence-corrected chi connectivity index (χ2v) is 6.48. The molecule has 1 atom stereocenters. The highest BCUT2D eigenvalue weighted by Gasteiger charge is 2.44. The lowest BCUT2D eigenvalue weighted by Crippen LogP contribution is -2.31. The maximum Gasteiger partial charge on any atom is 0.0210 e. The fraction of sp³-hybridized carbons (Fsp3) is 0.600. The van der Waals surface area contributed by atoms with Crippen LogP contribution in [0.25, 0.3) is 0 Å². The first-order chi connectivity index (χ1) is 8.32. The van der Waals surface area contributed by atoms with Crippen LogP contribution in [0.15, 0.2) is 28.7 Å². The van der Waals surface area contributed by atoms with Gasteiger partial charge < -0.3 is 5.32 Å². The van der Waals surface area contributed by atoms with E-state index in [4.69, 9.17) is 0 Å². The Morgan fingerprint density at radius 2 is 1.88 bits per heavy atom. The molecule has 1 aliphatic carbocycles. The molecule has 2 aliphatic rings. The molecule has 17 heavy (non-hydrogen) atoms. The Kier molecular flexibility index (Phi) is 3.27. The molecule has 2 heteroatoms. The summed E-state index contributed by atoms with van der Waals surface area (Å²) in [6, 6.07) is 8.78. The number of nitrogens with one attached hydrogen (secondary N) is 1. The fourth-order valence-corrected chi connectivity index (χ4v) is 4.34. The number of hydrogen-bond acceptors (Lipinski definition) is 1. The summed E-state index contributed by atoms with van der Waals surface area (Å²) in [7, 11) is 0. The summed E-state index contributed by atoms with van der Waals surface area (Å²) in [6.07, 6.45) is 7.09. The van der Waals surface area contributed by atoms with E-state index in [1.807, 2.05) is 0 Å². The second-order valence-electron chi connectivity index (χ2n) is 5.63. The molecule has 1 aliphatic heterocycles. The first-order valence-electron chi connectivity index (χ1n) is 6.77. The van der Waals surface area contributed by atoms with Crippen LogP contribution in [0.1, 0.15) is 43.6 Å². The molecular formula is C15H20BrN. The monoisotopic (exact) mass is 293 g/mol. The van der Waals surface area contributed by atoms with Crippen LogP contribution in [0.4, 0.5) is 0 Å². The zero-order valence-corrected chi connectivity index (χ0v) is 11.8. The van der Waals surface area contributed by atoms with Crippen molar-refractivity contribution >= 4 is 15.9 Å². The van der Waals surface area contributed by atoms with Gasteiger partial charge in [0.1, 0.15) is 0 Å². The summed E-state index contributed by atoms with van der Waals surface area (Å²) in [4.78, 5) is 0. The van der Waals surface area contributed by atoms with Crippen LogP contribution in [0, 0.1) is 5.41 Å². The normalized spacial score (nSPS) is 27.5. The van der Waals surface area contributed by atoms with Crippen LogP contribution in [0.5, 0.6) is 0 Å². The van der Waals surface area contributed by atoms with Gasteiger partial charge in [0.2, 0.25) is 0 Å². The highest BCUT2D eigenvalue weighted by molar-refractivity contribution is 9.10. The maximum absolute atomic E-state index is 3.73. The van der Waals surface area contributed by atoms with Crippen LogP contribution in [-0.2, 0) is 0 Å². The Bertz CT molecular complexity index is 396. The summed E-state index contributed by atoms with van der Waals surface area (Å²) in [5.41, 5.74) is 2.06. The Hall–Kier alpha value is -0.340. The van der Waals surface area contributed by atoms with E-state index in [1.54, 1.807) is 0 Å². The number of rotatable bonds is 1. The third-order valence-electron chi connectivity index (χ3n) is 4.69. The van der Waals surface area contributed by atoms with Crippen molar-refractivity contribution in [3.8, 4) is 0 Å². The topological polar surface area (TPSA) is 12.0 Å². The van der Waals surface area contributed by atoms with Crippen molar-refractivity contribution in [2.24, 2.45) is 5.41 Å². The summed E-state index contributed by atoms with van der Waals surface area (Å²) < 4.78 is 1.29. The van der Waals surface area contributed by atoms with Gasteiger partial charge in [0.25, 0.3) is 0 Å². The number of benzene rings is 1. The summed E-state index contributed by atoms with van der Waals surface area (Å²) in [6.45, 7) is 2.38. The highest BCUT2D eigenvalue weighted by atomic mass is 79.9. The molecule has 92 valence electrons. The van der Waals surface area contributed by atoms with Crippen LogP contribution in [0.2, 0.25) is 0 Å². The van der Waals surface area contributed by atoms with Crippen molar-refractivity contribution in [1.29, 1.82) is 0 Å². The van der Waals surface area contributed by atoms with E-state index in [0.717, 1.165) is 6.54 Å². The quantitative estimate of drug-likeness (QED) is 0.822. The minimum atomic E-state index is 0.544. The second kappa shape index (κ2) is 4.74. The molecular weight excluding hydrogens is 274 g/mol. The van der Waals surface area contributed by atoms with Crippen molar-refractivity contribution in [2.45, 2.75) is 38.0 Å². The number of halogens is 1. The molecule has 1 aromatic rings. The van der Waals surface area contributed by atoms with E-state index in [1.165, 1.54) is 48.7 Å². The van der Waals surface area contributed by atoms with Gasteiger partial charge >= 0.3 is 0 Å². The molecule has 1 heterocycles. The van der Waals surface area contributed by atoms with E-state index >= 15 is 0 Å². The molecule has 1 aromatic carbocycles. The van der Waals surface area contributed by atoms with E-state index in [2.05, 4.69) is 45.5 Å². The molecule has 3 rings (SSSR count). The minimum Gasteiger partial charge on any atom is -0.316 e. The van der Waals surface area contributed by atoms with Gasteiger partial charge in [-0.3, -0.25) is 0 Å². The van der Waals surface area contributed by atoms with E-state index in [0.29, 0.717) is 11.3 Å². The van der Waals surface area contributed by atoms with Crippen LogP contribution < -0.4 is 5.32 Å². The predicted octanol–water partition coefficient (Wildman–Crippen LogP) is 4.09. The average molecular weight is 294 g/mol. The average Bonchev–Trinajstić information content (AvgIpc) is 2.74. The summed E-state index contributed by atoms with van der Waals surface area (Å²) >= 11 is 3.73. The smallest absolute Gasteiger partial charge is 0.0210 e. The fourth-order valence-electron chi connectivity index (χ4n) is 3.78. The first kappa shape index (κ1) is 11.7. The summed E-state index contributed by atoms with van der Waals surface area (Å²) in [5, 5.41) is 3.64. The maximum atomic E-state index is 3.73. The molecule has 0 amide bonds. The van der Waals surface area contributed by atoms with Crippen LogP contribution >= 0.6 is 15.9 Å². The predicted molar refractivity (Wildman–Crippen MR) is 75.3 cm³/mol. The minimum absolute atomic E-state index is 0.544. The van der Waals surface area contributed by atoms with E-state index in [9.17, 15) is 0 Å². The molecule has 1 saturated carbocycles. The molecule has 2 fully saturated rings. The Morgan fingerprint density at radius 1 is 1.12 bits per heavy atom. The van der Waals surface area contributed by atoms with Gasteiger partial charge in [-0.05, 0) is 29.9 Å². The summed E-state index contributed by atoms with van der Waals surface area (Å²) in [5.74, 6) is 0.707. The zero-order chi connectivity index (χ0) is 11.7. The van der Waals surface area contributed by atoms with Crippen molar-refractivity contribution in [3.63, 3.8) is 0 Å². The van der Waals surface area contributed by atoms with Crippen molar-refractivity contribution in [1.82, 2.24) is 5.32 Å². The lowest BCUT2D eigenvalue weighted by atomic mass is 9.66. The Labute approximate surface area is 112 Å². The molecule has 1 N–H and O–H groups in total. The third kappa shape index (κ3) is 2.06. The third-order valence-corrected chi connectivity index (χ3v) is 5.42. The van der Waals surface area contributed by atoms with Crippen molar-refractivity contribution in [3.05, 3.63) is 34.3 Å². The Morgan fingerprint density at radius 3 is 2.65 bits per heavy atom. The van der Waals surface area contributed by atoms with Crippen molar-refractivity contribution in [2.75, 3.05) is 13.1 Å². The van der Waals surface area contributed by atoms with Gasteiger partial charge in [-0.25, -0.2) is 0 Å². The molecule has 1 saturated heterocycles. The van der Waals surface area contributed by atoms with E-state index in [-0.39, 0.29) is 0 Å². The molecule has 1 spiro atoms. The van der Waals surface area contributed by atoms with Gasteiger partial charge in [0.15, 0.2) is 0 Å². The zero-order valence-electron chi connectivity index (χ0n) is 10.2. The highest BCUT2D eigenvalue weighted by Crippen LogP contribution is 2.50. The van der Waals surface area contributed by atoms with Gasteiger partial charge in [-0.15, -0.1) is 0 Å². The largest absolute Gasteiger partial charge is 0.316 e. The molecule has 1 unspecified atom stereocenters. The van der Waals surface area contributed by atoms with Gasteiger partial charge in [0, 0.05) is 23.5 Å². The van der Waals surface area contributed by atoms with Crippen molar-refractivity contribution < 1.29 is 0 Å². The molecule has 0 radical (unpaired) electrons. The lowest BCUT2D eigenvalue weighted by molar-refractivity contribution is 0.189.